The van der Waals surface area contributed by atoms with Crippen LogP contribution in [-0.2, 0) is 13.0 Å². The molecule has 0 amide bonds. The van der Waals surface area contributed by atoms with Crippen molar-refractivity contribution in [1.82, 2.24) is 9.78 Å². The maximum absolute atomic E-state index is 9.87. The Morgan fingerprint density at radius 2 is 2.06 bits per heavy atom. The zero-order chi connectivity index (χ0) is 12.1. The van der Waals surface area contributed by atoms with E-state index in [1.165, 1.54) is 5.56 Å². The summed E-state index contributed by atoms with van der Waals surface area (Å²) >= 11 is 5.75. The number of rotatable bonds is 5. The van der Waals surface area contributed by atoms with Gasteiger partial charge in [-0.15, -0.1) is 0 Å². The van der Waals surface area contributed by atoms with Crippen LogP contribution in [0.15, 0.2) is 42.7 Å². The second kappa shape index (κ2) is 5.84. The van der Waals surface area contributed by atoms with Crippen LogP contribution < -0.4 is 0 Å². The molecule has 0 aliphatic rings. The van der Waals surface area contributed by atoms with Gasteiger partial charge < -0.3 is 5.11 Å². The second-order valence-corrected chi connectivity index (χ2v) is 4.50. The molecule has 1 heterocycles. The highest BCUT2D eigenvalue weighted by Crippen LogP contribution is 2.08. The Hall–Kier alpha value is -1.32. The summed E-state index contributed by atoms with van der Waals surface area (Å²) in [5.74, 6) is 0. The van der Waals surface area contributed by atoms with Crippen molar-refractivity contribution >= 4 is 11.6 Å². The molecule has 2 aromatic rings. The van der Waals surface area contributed by atoms with Gasteiger partial charge >= 0.3 is 0 Å². The molecule has 2 rings (SSSR count). The van der Waals surface area contributed by atoms with Gasteiger partial charge in [0.15, 0.2) is 0 Å². The highest BCUT2D eigenvalue weighted by atomic mass is 35.5. The molecule has 17 heavy (non-hydrogen) atoms. The molecule has 0 bridgehead atoms. The van der Waals surface area contributed by atoms with Crippen LogP contribution in [0.3, 0.4) is 0 Å². The minimum atomic E-state index is -0.397. The summed E-state index contributed by atoms with van der Waals surface area (Å²) in [5, 5.41) is 14.5. The molecule has 0 radical (unpaired) electrons. The maximum atomic E-state index is 9.87. The summed E-state index contributed by atoms with van der Waals surface area (Å²) in [6, 6.07) is 10.1. The average Bonchev–Trinajstić information content (AvgIpc) is 2.73. The van der Waals surface area contributed by atoms with E-state index >= 15 is 0 Å². The Labute approximate surface area is 106 Å². The van der Waals surface area contributed by atoms with Gasteiger partial charge in [-0.05, 0) is 18.4 Å². The zero-order valence-electron chi connectivity index (χ0n) is 9.46. The lowest BCUT2D eigenvalue weighted by Gasteiger charge is -2.10. The van der Waals surface area contributed by atoms with Crippen LogP contribution >= 0.6 is 11.6 Å². The van der Waals surface area contributed by atoms with Gasteiger partial charge in [-0.3, -0.25) is 4.68 Å². The van der Waals surface area contributed by atoms with Gasteiger partial charge in [0.25, 0.3) is 0 Å². The predicted octanol–water partition coefficient (Wildman–Crippen LogP) is 2.53. The second-order valence-electron chi connectivity index (χ2n) is 4.06. The van der Waals surface area contributed by atoms with Crippen molar-refractivity contribution in [2.24, 2.45) is 0 Å². The molecular weight excluding hydrogens is 236 g/mol. The normalized spacial score (nSPS) is 12.6. The molecule has 0 aliphatic carbocycles. The van der Waals surface area contributed by atoms with Gasteiger partial charge in [-0.1, -0.05) is 41.9 Å². The third kappa shape index (κ3) is 3.88. The van der Waals surface area contributed by atoms with Gasteiger partial charge in [-0.2, -0.15) is 5.10 Å². The van der Waals surface area contributed by atoms with Crippen molar-refractivity contribution in [1.29, 1.82) is 0 Å². The van der Waals surface area contributed by atoms with Gasteiger partial charge in [0.05, 0.1) is 23.9 Å². The maximum Gasteiger partial charge on any atom is 0.0785 e. The quantitative estimate of drug-likeness (QED) is 0.886. The smallest absolute Gasteiger partial charge is 0.0785 e. The number of hydrogen-bond donors (Lipinski definition) is 1. The van der Waals surface area contributed by atoms with E-state index in [0.717, 1.165) is 12.8 Å². The van der Waals surface area contributed by atoms with E-state index in [2.05, 4.69) is 17.2 Å². The fourth-order valence-corrected chi connectivity index (χ4v) is 1.88. The Balaban J connectivity index is 1.80. The number of halogens is 1. The summed E-state index contributed by atoms with van der Waals surface area (Å²) < 4.78 is 1.66. The third-order valence-corrected chi connectivity index (χ3v) is 2.80. The first kappa shape index (κ1) is 12.1. The molecule has 0 fully saturated rings. The topological polar surface area (TPSA) is 38.0 Å². The first-order valence-corrected chi connectivity index (χ1v) is 6.02. The molecule has 90 valence electrons. The lowest BCUT2D eigenvalue weighted by atomic mass is 10.1. The van der Waals surface area contributed by atoms with Crippen LogP contribution in [0.1, 0.15) is 12.0 Å². The Morgan fingerprint density at radius 3 is 2.71 bits per heavy atom. The Morgan fingerprint density at radius 1 is 1.29 bits per heavy atom. The summed E-state index contributed by atoms with van der Waals surface area (Å²) in [7, 11) is 0. The molecule has 1 aromatic heterocycles. The largest absolute Gasteiger partial charge is 0.391 e. The minimum absolute atomic E-state index is 0.397. The zero-order valence-corrected chi connectivity index (χ0v) is 10.2. The van der Waals surface area contributed by atoms with E-state index in [4.69, 9.17) is 11.6 Å². The molecule has 0 saturated carbocycles. The molecule has 3 nitrogen and oxygen atoms in total. The summed E-state index contributed by atoms with van der Waals surface area (Å²) in [4.78, 5) is 0. The van der Waals surface area contributed by atoms with Crippen molar-refractivity contribution < 1.29 is 5.11 Å². The molecule has 0 saturated heterocycles. The van der Waals surface area contributed by atoms with E-state index < -0.39 is 6.10 Å². The lowest BCUT2D eigenvalue weighted by Crippen LogP contribution is -2.17. The van der Waals surface area contributed by atoms with Crippen LogP contribution in [-0.4, -0.2) is 21.0 Å². The van der Waals surface area contributed by atoms with Gasteiger partial charge in [-0.25, -0.2) is 0 Å². The molecule has 1 atom stereocenters. The number of aliphatic hydroxyl groups excluding tert-OH is 1. The van der Waals surface area contributed by atoms with E-state index in [1.807, 2.05) is 18.2 Å². The fourth-order valence-electron chi connectivity index (χ4n) is 1.72. The summed E-state index contributed by atoms with van der Waals surface area (Å²) in [5.41, 5.74) is 1.24. The molecule has 1 aromatic carbocycles. The lowest BCUT2D eigenvalue weighted by molar-refractivity contribution is 0.140. The van der Waals surface area contributed by atoms with E-state index in [1.54, 1.807) is 17.1 Å². The molecular formula is C13H15ClN2O. The van der Waals surface area contributed by atoms with E-state index in [-0.39, 0.29) is 0 Å². The number of nitrogens with zero attached hydrogens (tertiary/aromatic N) is 2. The van der Waals surface area contributed by atoms with Gasteiger partial charge in [0.1, 0.15) is 0 Å². The predicted molar refractivity (Wildman–Crippen MR) is 68.0 cm³/mol. The van der Waals surface area contributed by atoms with Crippen molar-refractivity contribution in [3.63, 3.8) is 0 Å². The van der Waals surface area contributed by atoms with Crippen LogP contribution in [0.5, 0.6) is 0 Å². The Kier molecular flexibility index (Phi) is 4.18. The molecule has 4 heteroatoms. The third-order valence-electron chi connectivity index (χ3n) is 2.61. The monoisotopic (exact) mass is 250 g/mol. The standard InChI is InChI=1S/C13H15ClN2O/c14-12-8-15-16(9-12)10-13(17)7-6-11-4-2-1-3-5-11/h1-5,8-9,13,17H,6-7,10H2/t13-/m1/s1. The van der Waals surface area contributed by atoms with Crippen LogP contribution in [0.4, 0.5) is 0 Å². The van der Waals surface area contributed by atoms with E-state index in [9.17, 15) is 5.11 Å². The van der Waals surface area contributed by atoms with E-state index in [0.29, 0.717) is 11.6 Å². The van der Waals surface area contributed by atoms with Crippen molar-refractivity contribution in [3.8, 4) is 0 Å². The summed E-state index contributed by atoms with van der Waals surface area (Å²) in [6.07, 6.45) is 4.49. The van der Waals surface area contributed by atoms with Crippen molar-refractivity contribution in [2.45, 2.75) is 25.5 Å². The first-order valence-electron chi connectivity index (χ1n) is 5.64. The number of hydrogen-bond acceptors (Lipinski definition) is 2. The molecule has 0 spiro atoms. The highest BCUT2D eigenvalue weighted by Gasteiger charge is 2.06. The van der Waals surface area contributed by atoms with Crippen molar-refractivity contribution in [2.75, 3.05) is 0 Å². The number of aryl methyl sites for hydroxylation is 1. The van der Waals surface area contributed by atoms with Gasteiger partial charge in [0, 0.05) is 6.20 Å². The SMILES string of the molecule is O[C@H](CCc1ccccc1)Cn1cc(Cl)cn1. The number of aromatic nitrogens is 2. The number of aliphatic hydroxyl groups is 1. The Bertz CT molecular complexity index is 455. The summed E-state index contributed by atoms with van der Waals surface area (Å²) in [6.45, 7) is 0.486. The molecule has 1 N–H and O–H groups in total. The van der Waals surface area contributed by atoms with Crippen LogP contribution in [0.25, 0.3) is 0 Å². The first-order chi connectivity index (χ1) is 8.24. The van der Waals surface area contributed by atoms with Crippen LogP contribution in [0, 0.1) is 0 Å². The number of benzene rings is 1. The molecule has 0 aliphatic heterocycles. The van der Waals surface area contributed by atoms with Crippen LogP contribution in [0.2, 0.25) is 5.02 Å². The van der Waals surface area contributed by atoms with Gasteiger partial charge in [0.2, 0.25) is 0 Å². The van der Waals surface area contributed by atoms with Crippen molar-refractivity contribution in [3.05, 3.63) is 53.3 Å². The average molecular weight is 251 g/mol. The fraction of sp³-hybridized carbons (Fsp3) is 0.308. The minimum Gasteiger partial charge on any atom is -0.391 e. The highest BCUT2D eigenvalue weighted by molar-refractivity contribution is 6.30. The molecule has 0 unspecified atom stereocenters.